The minimum absolute atomic E-state index is 0. The van der Waals surface area contributed by atoms with Crippen LogP contribution in [0.4, 0.5) is 39.5 Å². The van der Waals surface area contributed by atoms with Crippen molar-refractivity contribution in [3.05, 3.63) is 47.9 Å². The van der Waals surface area contributed by atoms with E-state index in [0.29, 0.717) is 13.3 Å². The van der Waals surface area contributed by atoms with Crippen LogP contribution in [0.1, 0.15) is 259 Å². The number of hydrogen-bond donors (Lipinski definition) is 2. The van der Waals surface area contributed by atoms with Gasteiger partial charge in [0.25, 0.3) is 0 Å². The summed E-state index contributed by atoms with van der Waals surface area (Å²) in [6.45, 7) is 51.3. The van der Waals surface area contributed by atoms with Crippen molar-refractivity contribution in [1.82, 2.24) is 0 Å². The molecule has 0 aromatic carbocycles. The van der Waals surface area contributed by atoms with Gasteiger partial charge in [-0.3, -0.25) is 0 Å². The Bertz CT molecular complexity index is 987. The Kier molecular flexibility index (Phi) is 427. The molecular weight excluding hydrogens is 1090 g/mol. The van der Waals surface area contributed by atoms with Gasteiger partial charge in [-0.25, -0.2) is 13.2 Å². The number of halogens is 10. The molecule has 76 heavy (non-hydrogen) atoms. The molecule has 0 aliphatic heterocycles. The maximum Gasteiger partial charge on any atom is 1.00 e. The number of aliphatic hydroxyl groups excluding tert-OH is 1. The third-order valence-corrected chi connectivity index (χ3v) is 4.03. The molecular formula is C57H118BBrF9Na2O6. The fourth-order valence-corrected chi connectivity index (χ4v) is 0.943. The van der Waals surface area contributed by atoms with E-state index in [0.717, 1.165) is 39.1 Å². The van der Waals surface area contributed by atoms with Crippen LogP contribution in [0.2, 0.25) is 0 Å². The van der Waals surface area contributed by atoms with Crippen LogP contribution in [0.5, 0.6) is 0 Å². The van der Waals surface area contributed by atoms with E-state index in [1.54, 1.807) is 27.7 Å². The number of aldehydes is 3. The average molecular weight is 1210 g/mol. The molecule has 0 spiro atoms. The molecule has 0 bridgehead atoms. The summed E-state index contributed by atoms with van der Waals surface area (Å²) >= 11 is 0. The molecule has 6 nitrogen and oxygen atoms in total. The Morgan fingerprint density at radius 3 is 0.684 bits per heavy atom. The first kappa shape index (κ1) is 152. The topological polar surface area (TPSA) is 122 Å². The first-order valence-electron chi connectivity index (χ1n) is 24.5. The first-order valence-corrected chi connectivity index (χ1v) is 24.5. The Morgan fingerprint density at radius 1 is 0.526 bits per heavy atom. The van der Waals surface area contributed by atoms with E-state index in [4.69, 9.17) is 26.2 Å². The smallest absolute Gasteiger partial charge is 1.00 e. The maximum absolute atomic E-state index is 11.3. The number of hydrogen-bond acceptors (Lipinski definition) is 6. The number of terminal acetylenes is 2. The van der Waals surface area contributed by atoms with Gasteiger partial charge in [0.05, 0.1) is 0 Å². The van der Waals surface area contributed by atoms with Crippen LogP contribution in [-0.4, -0.2) is 55.2 Å². The van der Waals surface area contributed by atoms with Crippen molar-refractivity contribution in [2.75, 3.05) is 6.61 Å². The third-order valence-electron chi connectivity index (χ3n) is 4.03. The second-order valence-electron chi connectivity index (χ2n) is 10.9. The predicted molar refractivity (Wildman–Crippen MR) is 320 cm³/mol. The van der Waals surface area contributed by atoms with E-state index >= 15 is 0 Å². The molecule has 0 aromatic rings. The quantitative estimate of drug-likeness (QED) is 0.0861. The van der Waals surface area contributed by atoms with Gasteiger partial charge in [0, 0.05) is 21.4 Å². The van der Waals surface area contributed by atoms with Crippen LogP contribution in [0.25, 0.3) is 0 Å². The number of carbonyl (C=O) groups is 3. The van der Waals surface area contributed by atoms with Gasteiger partial charge in [-0.15, -0.1) is 47.6 Å². The fourth-order valence-electron chi connectivity index (χ4n) is 0.943. The third kappa shape index (κ3) is 734. The van der Waals surface area contributed by atoms with Crippen molar-refractivity contribution in [1.29, 1.82) is 0 Å². The van der Waals surface area contributed by atoms with Crippen LogP contribution in [0.3, 0.4) is 0 Å². The summed E-state index contributed by atoms with van der Waals surface area (Å²) in [5.74, 6) is 6.88. The number of allylic oxidation sites excluding steroid dienone is 5. The zero-order valence-electron chi connectivity index (χ0n) is 55.3. The van der Waals surface area contributed by atoms with Crippen LogP contribution in [-0.2, 0) is 14.4 Å². The molecule has 0 amide bonds. The van der Waals surface area contributed by atoms with Gasteiger partial charge in [0.1, 0.15) is 36.1 Å². The molecule has 0 heterocycles. The van der Waals surface area contributed by atoms with Crippen LogP contribution >= 0.6 is 17.0 Å². The van der Waals surface area contributed by atoms with Gasteiger partial charge in [-0.1, -0.05) is 180 Å². The summed E-state index contributed by atoms with van der Waals surface area (Å²) in [5.41, 5.74) is -0.931. The molecule has 0 saturated carbocycles. The summed E-state index contributed by atoms with van der Waals surface area (Å²) in [7, 11) is 0. The molecule has 3 radical (unpaired) electrons. The summed E-state index contributed by atoms with van der Waals surface area (Å²) in [6.07, 6.45) is 20.5. The Labute approximate surface area is 525 Å². The van der Waals surface area contributed by atoms with E-state index in [1.807, 2.05) is 83.1 Å². The zero-order valence-corrected chi connectivity index (χ0v) is 60.0. The van der Waals surface area contributed by atoms with Gasteiger partial charge in [-0.05, 0) is 89.5 Å². The van der Waals surface area contributed by atoms with Gasteiger partial charge in [0.2, 0.25) is 0 Å². The summed E-state index contributed by atoms with van der Waals surface area (Å²) in [4.78, 5) is 26.8. The van der Waals surface area contributed by atoms with Crippen molar-refractivity contribution in [3.63, 3.8) is 0 Å². The number of unbranched alkanes of at least 4 members (excludes halogenated alkanes) is 5. The Hall–Kier alpha value is -1.56. The van der Waals surface area contributed by atoms with Crippen molar-refractivity contribution < 1.29 is 130 Å². The summed E-state index contributed by atoms with van der Waals surface area (Å²) in [6, 6.07) is 0. The van der Waals surface area contributed by atoms with Crippen molar-refractivity contribution in [2.24, 2.45) is 0 Å². The van der Waals surface area contributed by atoms with Crippen LogP contribution < -0.4 is 59.1 Å². The van der Waals surface area contributed by atoms with Crippen molar-refractivity contribution in [2.45, 2.75) is 264 Å². The molecule has 0 rings (SSSR count). The minimum atomic E-state index is -2.91. The van der Waals surface area contributed by atoms with E-state index in [-0.39, 0.29) is 98.0 Å². The molecule has 0 aliphatic carbocycles. The zero-order chi connectivity index (χ0) is 62.1. The predicted octanol–water partition coefficient (Wildman–Crippen LogP) is 15.7. The normalized spacial score (nSPS) is 6.86. The van der Waals surface area contributed by atoms with Crippen LogP contribution in [0.15, 0.2) is 47.9 Å². The van der Waals surface area contributed by atoms with Gasteiger partial charge in [0.15, 0.2) is 5.83 Å². The standard InChI is InChI=1S/C5H8O.2C5H12.C5H10.C4H6F2.C4H10.C4H6.C3H3F3.C3H6O.C3H4.C2F4.C2H6O.2C2H4O.4C2H6.B.BrH.2Na.H2O.H/c1-4-5(2,3)6;3*1-3-5-4-2;1-3(5)4(2)6;2*1-3-4-2;1-2(4)3(5)6;1-2-3-4;1-3-2;3-1(4)2(5)6;3*1-2-3;4*1-2;;;;;;/h1,6H,2-3H3;2*3-5H2,1-2H3;3,5H,4H2,1-2H3;1-2H3;3-4H2,1-2H3;1-2H3;1H3;3H,2H2,1H3;1H,2H3;;3H,2H2,1H3;2*2H,1H3;4*1-2H3;;1H;;;1H2;/q;;;;;;;;;;;;;;;;;;;;2*+1;;-1/p-1/b;;;5-3-;4-3+;;;;;;;;;;;;;;;;;;;. The average Bonchev–Trinajstić information content (AvgIpc) is 3.34. The first-order chi connectivity index (χ1) is 33.1. The number of aliphatic hydroxyl groups is 2. The van der Waals surface area contributed by atoms with Crippen LogP contribution in [0, 0.1) is 36.5 Å². The minimum Gasteiger partial charge on any atom is -1.00 e. The summed E-state index contributed by atoms with van der Waals surface area (Å²) in [5, 5.41) is 16.2. The van der Waals surface area contributed by atoms with Gasteiger partial charge >= 0.3 is 77.4 Å². The molecule has 0 atom stereocenters. The molecule has 0 saturated heterocycles. The van der Waals surface area contributed by atoms with Crippen molar-refractivity contribution in [3.8, 4) is 36.5 Å². The monoisotopic (exact) mass is 1210 g/mol. The largest absolute Gasteiger partial charge is 1.00 e. The molecule has 0 aromatic heterocycles. The van der Waals surface area contributed by atoms with E-state index in [1.165, 1.54) is 65.2 Å². The molecule has 3 N–H and O–H groups in total. The summed E-state index contributed by atoms with van der Waals surface area (Å²) < 4.78 is 96.1. The second-order valence-corrected chi connectivity index (χ2v) is 10.9. The maximum atomic E-state index is 11.3. The Morgan fingerprint density at radius 2 is 0.684 bits per heavy atom. The molecule has 0 unspecified atom stereocenters. The number of carbonyl (C=O) groups excluding carboxylic acids is 3. The number of rotatable bonds is 7. The molecule has 19 heteroatoms. The second kappa shape index (κ2) is 214. The molecule has 0 aliphatic rings. The van der Waals surface area contributed by atoms with E-state index < -0.39 is 41.3 Å². The SMILES string of the molecule is Br.C#CC.C#CC(C)(C)O.C/C(F)=C(/C)F.C/C=C\CC.CC.CC.CC.CC.CC#CC.CC(F)=C(F)F.CC=O.CC=O.CCC=O.CCCC.CCCCC.CCCCC.CCO.FC(F)=C(F)F.[B].[H-].[Na+].[Na+].[OH-]. The molecule has 0 fully saturated rings. The fraction of sp³-hybridized carbons (Fsp3) is 0.702. The Balaban J connectivity index is -0.0000000177. The molecule has 457 valence electrons. The van der Waals surface area contributed by atoms with Gasteiger partial charge in [-0.2, -0.15) is 26.3 Å². The van der Waals surface area contributed by atoms with Gasteiger partial charge < -0.3 is 31.5 Å². The van der Waals surface area contributed by atoms with E-state index in [2.05, 4.69) is 90.7 Å². The van der Waals surface area contributed by atoms with Crippen molar-refractivity contribution >= 4 is 44.3 Å². The van der Waals surface area contributed by atoms with E-state index in [9.17, 15) is 44.3 Å².